The number of alkyl halides is 2. The monoisotopic (exact) mass is 542 g/mol. The van der Waals surface area contributed by atoms with Gasteiger partial charge in [-0.25, -0.2) is 0 Å². The highest BCUT2D eigenvalue weighted by Gasteiger charge is 2.58. The second-order valence-corrected chi connectivity index (χ2v) is 11.6. The fourth-order valence-corrected chi connectivity index (χ4v) is 8.16. The van der Waals surface area contributed by atoms with Gasteiger partial charge in [-0.3, -0.25) is 4.79 Å². The molecule has 4 rings (SSSR count). The predicted octanol–water partition coefficient (Wildman–Crippen LogP) is 8.07. The molecule has 4 unspecified atom stereocenters. The SMILES string of the molecule is O=C(C1(Br)CCCC1c1ccccc1Cl)C1(Br)CCCC1c1ccccc1Cl. The zero-order valence-electron chi connectivity index (χ0n) is 15.4. The molecule has 0 N–H and O–H groups in total. The molecule has 0 spiro atoms. The van der Waals surface area contributed by atoms with E-state index < -0.39 is 8.65 Å². The van der Waals surface area contributed by atoms with Gasteiger partial charge in [-0.15, -0.1) is 0 Å². The summed E-state index contributed by atoms with van der Waals surface area (Å²) in [6.07, 6.45) is 5.58. The second-order valence-electron chi connectivity index (χ2n) is 7.99. The molecule has 0 aliphatic heterocycles. The molecule has 2 aromatic rings. The molecule has 2 aromatic carbocycles. The molecule has 0 radical (unpaired) electrons. The van der Waals surface area contributed by atoms with Crippen molar-refractivity contribution < 1.29 is 4.79 Å². The third kappa shape index (κ3) is 3.41. The van der Waals surface area contributed by atoms with E-state index in [0.29, 0.717) is 0 Å². The zero-order chi connectivity index (χ0) is 19.9. The minimum absolute atomic E-state index is 0.0793. The highest BCUT2D eigenvalue weighted by molar-refractivity contribution is 9.11. The van der Waals surface area contributed by atoms with Gasteiger partial charge < -0.3 is 0 Å². The van der Waals surface area contributed by atoms with Crippen LogP contribution in [0, 0.1) is 0 Å². The second kappa shape index (κ2) is 8.06. The molecule has 2 fully saturated rings. The summed E-state index contributed by atoms with van der Waals surface area (Å²) in [7, 11) is 0. The smallest absolute Gasteiger partial charge is 0.167 e. The normalized spacial score (nSPS) is 32.6. The first kappa shape index (κ1) is 20.9. The van der Waals surface area contributed by atoms with Gasteiger partial charge in [0.25, 0.3) is 0 Å². The maximum atomic E-state index is 14.1. The summed E-state index contributed by atoms with van der Waals surface area (Å²) in [6.45, 7) is 0. The molecule has 2 aliphatic carbocycles. The molecule has 1 nitrogen and oxygen atoms in total. The molecule has 0 amide bonds. The predicted molar refractivity (Wildman–Crippen MR) is 124 cm³/mol. The summed E-state index contributed by atoms with van der Waals surface area (Å²) in [5.74, 6) is 0.399. The quantitative estimate of drug-likeness (QED) is 0.356. The molecule has 2 aliphatic rings. The van der Waals surface area contributed by atoms with Gasteiger partial charge in [0.15, 0.2) is 5.78 Å². The number of rotatable bonds is 4. The molecule has 5 heteroatoms. The van der Waals surface area contributed by atoms with E-state index in [0.717, 1.165) is 59.7 Å². The summed E-state index contributed by atoms with van der Waals surface area (Å²) >= 11 is 20.9. The van der Waals surface area contributed by atoms with E-state index in [1.807, 2.05) is 36.4 Å². The van der Waals surface area contributed by atoms with Crippen molar-refractivity contribution in [3.63, 3.8) is 0 Å². The van der Waals surface area contributed by atoms with E-state index in [2.05, 4.69) is 44.0 Å². The summed E-state index contributed by atoms with van der Waals surface area (Å²) < 4.78 is -1.21. The maximum absolute atomic E-state index is 14.1. The van der Waals surface area contributed by atoms with Gasteiger partial charge in [-0.2, -0.15) is 0 Å². The first-order valence-electron chi connectivity index (χ1n) is 9.79. The van der Waals surface area contributed by atoms with Crippen LogP contribution in [-0.4, -0.2) is 14.4 Å². The summed E-state index contributed by atoms with van der Waals surface area (Å²) in [6, 6.07) is 15.8. The lowest BCUT2D eigenvalue weighted by Crippen LogP contribution is -2.48. The minimum Gasteiger partial charge on any atom is -0.296 e. The third-order valence-corrected chi connectivity index (χ3v) is 9.79. The lowest BCUT2D eigenvalue weighted by atomic mass is 9.76. The van der Waals surface area contributed by atoms with Gasteiger partial charge in [0.2, 0.25) is 0 Å². The van der Waals surface area contributed by atoms with Crippen LogP contribution in [0.25, 0.3) is 0 Å². The largest absolute Gasteiger partial charge is 0.296 e. The third-order valence-electron chi connectivity index (χ3n) is 6.49. The Kier molecular flexibility index (Phi) is 6.02. The Morgan fingerprint density at radius 1 is 0.786 bits per heavy atom. The minimum atomic E-state index is -0.606. The topological polar surface area (TPSA) is 17.1 Å². The number of ketones is 1. The van der Waals surface area contributed by atoms with Crippen LogP contribution in [0.5, 0.6) is 0 Å². The van der Waals surface area contributed by atoms with Crippen LogP contribution in [0.2, 0.25) is 10.0 Å². The van der Waals surface area contributed by atoms with Crippen molar-refractivity contribution >= 4 is 60.8 Å². The Morgan fingerprint density at radius 2 is 1.18 bits per heavy atom. The Hall–Kier alpha value is -0.350. The molecule has 28 heavy (non-hydrogen) atoms. The molecular formula is C23H22Br2Cl2O. The van der Waals surface area contributed by atoms with E-state index in [4.69, 9.17) is 23.2 Å². The van der Waals surface area contributed by atoms with E-state index >= 15 is 0 Å². The summed E-state index contributed by atoms with van der Waals surface area (Å²) in [5, 5.41) is 1.48. The molecule has 0 saturated heterocycles. The average Bonchev–Trinajstić information content (AvgIpc) is 3.26. The molecular weight excluding hydrogens is 523 g/mol. The van der Waals surface area contributed by atoms with E-state index in [-0.39, 0.29) is 17.6 Å². The molecule has 4 atom stereocenters. The van der Waals surface area contributed by atoms with Gasteiger partial charge in [-0.1, -0.05) is 104 Å². The van der Waals surface area contributed by atoms with Crippen molar-refractivity contribution in [2.75, 3.05) is 0 Å². The number of benzene rings is 2. The van der Waals surface area contributed by atoms with Crippen molar-refractivity contribution in [2.45, 2.75) is 59.0 Å². The van der Waals surface area contributed by atoms with Gasteiger partial charge in [-0.05, 0) is 48.9 Å². The van der Waals surface area contributed by atoms with Crippen molar-refractivity contribution in [2.24, 2.45) is 0 Å². The lowest BCUT2D eigenvalue weighted by molar-refractivity contribution is -0.123. The van der Waals surface area contributed by atoms with Crippen LogP contribution in [0.3, 0.4) is 0 Å². The summed E-state index contributed by atoms with van der Waals surface area (Å²) in [5.41, 5.74) is 2.13. The zero-order valence-corrected chi connectivity index (χ0v) is 20.1. The first-order valence-corrected chi connectivity index (χ1v) is 12.1. The van der Waals surface area contributed by atoms with Gasteiger partial charge in [0.1, 0.15) is 0 Å². The standard InChI is InChI=1S/C23H22Br2Cl2O/c24-22(13-5-9-17(22)15-7-1-3-11-19(15)26)21(28)23(25)14-6-10-18(23)16-8-2-4-12-20(16)27/h1-4,7-8,11-12,17-18H,5-6,9-10,13-14H2. The molecule has 148 valence electrons. The first-order chi connectivity index (χ1) is 13.4. The van der Waals surface area contributed by atoms with Crippen LogP contribution in [0.15, 0.2) is 48.5 Å². The fraction of sp³-hybridized carbons (Fsp3) is 0.435. The van der Waals surface area contributed by atoms with E-state index in [1.54, 1.807) is 0 Å². The number of halogens is 4. The number of carbonyl (C=O) groups is 1. The molecule has 2 saturated carbocycles. The van der Waals surface area contributed by atoms with Crippen molar-refractivity contribution in [1.82, 2.24) is 0 Å². The Morgan fingerprint density at radius 3 is 1.57 bits per heavy atom. The van der Waals surface area contributed by atoms with Crippen molar-refractivity contribution in [3.8, 4) is 0 Å². The molecule has 0 aromatic heterocycles. The van der Waals surface area contributed by atoms with Crippen LogP contribution >= 0.6 is 55.1 Å². The van der Waals surface area contributed by atoms with Gasteiger partial charge in [0.05, 0.1) is 8.65 Å². The Bertz CT molecular complexity index is 830. The fourth-order valence-electron chi connectivity index (χ4n) is 5.14. The molecule has 0 heterocycles. The number of Topliss-reactive ketones (excluding diaryl/α,β-unsaturated/α-hetero) is 1. The highest BCUT2D eigenvalue weighted by atomic mass is 79.9. The Balaban J connectivity index is 1.72. The lowest BCUT2D eigenvalue weighted by Gasteiger charge is -2.38. The van der Waals surface area contributed by atoms with Crippen LogP contribution < -0.4 is 0 Å². The summed E-state index contributed by atoms with van der Waals surface area (Å²) in [4.78, 5) is 14.1. The number of hydrogen-bond acceptors (Lipinski definition) is 1. The van der Waals surface area contributed by atoms with E-state index in [9.17, 15) is 4.79 Å². The maximum Gasteiger partial charge on any atom is 0.167 e. The van der Waals surface area contributed by atoms with Crippen LogP contribution in [0.4, 0.5) is 0 Å². The van der Waals surface area contributed by atoms with E-state index in [1.165, 1.54) is 0 Å². The van der Waals surface area contributed by atoms with Gasteiger partial charge in [0, 0.05) is 21.9 Å². The van der Waals surface area contributed by atoms with Crippen LogP contribution in [0.1, 0.15) is 61.5 Å². The average molecular weight is 545 g/mol. The van der Waals surface area contributed by atoms with Crippen molar-refractivity contribution in [1.29, 1.82) is 0 Å². The molecule has 0 bridgehead atoms. The van der Waals surface area contributed by atoms with Crippen molar-refractivity contribution in [3.05, 3.63) is 69.7 Å². The van der Waals surface area contributed by atoms with Crippen LogP contribution in [-0.2, 0) is 4.79 Å². The Labute approximate surface area is 193 Å². The van der Waals surface area contributed by atoms with Gasteiger partial charge >= 0.3 is 0 Å². The number of hydrogen-bond donors (Lipinski definition) is 0. The number of carbonyl (C=O) groups excluding carboxylic acids is 1. The highest BCUT2D eigenvalue weighted by Crippen LogP contribution is 2.59.